The Morgan fingerprint density at radius 3 is 2.44 bits per heavy atom. The lowest BCUT2D eigenvalue weighted by Crippen LogP contribution is -2.25. The van der Waals surface area contributed by atoms with Crippen molar-refractivity contribution in [2.24, 2.45) is 5.92 Å². The summed E-state index contributed by atoms with van der Waals surface area (Å²) in [5.41, 5.74) is 0.489. The third kappa shape index (κ3) is 5.88. The quantitative estimate of drug-likeness (QED) is 0.368. The van der Waals surface area contributed by atoms with E-state index in [0.717, 1.165) is 17.5 Å². The number of ketones is 1. The van der Waals surface area contributed by atoms with Crippen LogP contribution in [0.5, 0.6) is 0 Å². The molecule has 0 aliphatic carbocycles. The summed E-state index contributed by atoms with van der Waals surface area (Å²) in [6.07, 6.45) is 3.23. The number of thioether (sulfide) groups is 1. The van der Waals surface area contributed by atoms with Crippen molar-refractivity contribution in [2.45, 2.75) is 50.2 Å². The molecule has 0 saturated heterocycles. The van der Waals surface area contributed by atoms with Crippen LogP contribution in [-0.4, -0.2) is 41.8 Å². The molecule has 1 heterocycles. The van der Waals surface area contributed by atoms with E-state index in [1.807, 2.05) is 6.26 Å². The van der Waals surface area contributed by atoms with Gasteiger partial charge in [0.1, 0.15) is 5.82 Å². The molecule has 0 atom stereocenters. The number of hydrogen-bond acceptors (Lipinski definition) is 6. The fourth-order valence-corrected chi connectivity index (χ4v) is 4.21. The van der Waals surface area contributed by atoms with Gasteiger partial charge >= 0.3 is 0 Å². The summed E-state index contributed by atoms with van der Waals surface area (Å²) in [5, 5.41) is 9.32. The largest absolute Gasteiger partial charge is 0.306 e. The minimum Gasteiger partial charge on any atom is -0.306 e. The normalized spacial score (nSPS) is 11.9. The molecule has 0 spiro atoms. The van der Waals surface area contributed by atoms with Crippen LogP contribution in [-0.2, 0) is 23.0 Å². The highest BCUT2D eigenvalue weighted by molar-refractivity contribution is 7.98. The van der Waals surface area contributed by atoms with Crippen LogP contribution in [0.2, 0.25) is 0 Å². The molecular weight excluding hydrogens is 384 g/mol. The van der Waals surface area contributed by atoms with E-state index < -0.39 is 10.0 Å². The molecule has 0 radical (unpaired) electrons. The maximum atomic E-state index is 12.4. The van der Waals surface area contributed by atoms with Crippen LogP contribution in [0.1, 0.15) is 43.4 Å². The third-order valence-corrected chi connectivity index (χ3v) is 6.11. The lowest BCUT2D eigenvalue weighted by atomic mass is 10.2. The van der Waals surface area contributed by atoms with Crippen LogP contribution in [0, 0.1) is 5.92 Å². The van der Waals surface area contributed by atoms with Gasteiger partial charge in [-0.2, -0.15) is 0 Å². The Bertz CT molecular complexity index is 875. The smallest absolute Gasteiger partial charge is 0.240 e. The summed E-state index contributed by atoms with van der Waals surface area (Å²) < 4.78 is 29.4. The van der Waals surface area contributed by atoms with E-state index in [-0.39, 0.29) is 10.7 Å². The zero-order valence-electron chi connectivity index (χ0n) is 16.1. The molecule has 0 bridgehead atoms. The first-order valence-electron chi connectivity index (χ1n) is 8.81. The molecule has 1 aromatic carbocycles. The minimum atomic E-state index is -3.59. The number of rotatable bonds is 10. The Labute approximate surface area is 165 Å². The number of nitrogens with one attached hydrogen (secondary N) is 1. The maximum absolute atomic E-state index is 12.4. The molecule has 1 N–H and O–H groups in total. The standard InChI is InChI=1S/C18H26N4O3S2/c1-13(2)12-22-17(20-21-18(22)26-4)6-5-11-19-27(24,25)16-9-7-15(8-10-16)14(3)23/h7-10,13,19H,5-6,11-12H2,1-4H3. The van der Waals surface area contributed by atoms with Gasteiger partial charge in [0, 0.05) is 25.1 Å². The Kier molecular flexibility index (Phi) is 7.58. The van der Waals surface area contributed by atoms with E-state index in [9.17, 15) is 13.2 Å². The van der Waals surface area contributed by atoms with Gasteiger partial charge in [-0.15, -0.1) is 10.2 Å². The molecule has 0 fully saturated rings. The van der Waals surface area contributed by atoms with Gasteiger partial charge in [-0.3, -0.25) is 4.79 Å². The first-order chi connectivity index (χ1) is 12.7. The van der Waals surface area contributed by atoms with Crippen LogP contribution in [0.25, 0.3) is 0 Å². The van der Waals surface area contributed by atoms with Gasteiger partial charge < -0.3 is 4.57 Å². The monoisotopic (exact) mass is 410 g/mol. The maximum Gasteiger partial charge on any atom is 0.240 e. The highest BCUT2D eigenvalue weighted by Crippen LogP contribution is 2.17. The topological polar surface area (TPSA) is 94.0 Å². The van der Waals surface area contributed by atoms with Crippen LogP contribution in [0.15, 0.2) is 34.3 Å². The highest BCUT2D eigenvalue weighted by atomic mass is 32.2. The second kappa shape index (κ2) is 9.48. The lowest BCUT2D eigenvalue weighted by molar-refractivity contribution is 0.101. The fraction of sp³-hybridized carbons (Fsp3) is 0.500. The van der Waals surface area contributed by atoms with Gasteiger partial charge in [-0.25, -0.2) is 13.1 Å². The summed E-state index contributed by atoms with van der Waals surface area (Å²) in [7, 11) is -3.59. The Hall–Kier alpha value is -1.71. The predicted octanol–water partition coefficient (Wildman–Crippen LogP) is 2.77. The van der Waals surface area contributed by atoms with E-state index in [4.69, 9.17) is 0 Å². The van der Waals surface area contributed by atoms with Crippen molar-refractivity contribution < 1.29 is 13.2 Å². The third-order valence-electron chi connectivity index (χ3n) is 3.96. The van der Waals surface area contributed by atoms with E-state index >= 15 is 0 Å². The van der Waals surface area contributed by atoms with Crippen molar-refractivity contribution in [2.75, 3.05) is 12.8 Å². The van der Waals surface area contributed by atoms with Gasteiger partial charge in [0.05, 0.1) is 4.90 Å². The average Bonchev–Trinajstić information content (AvgIpc) is 3.00. The van der Waals surface area contributed by atoms with E-state index in [2.05, 4.69) is 33.3 Å². The summed E-state index contributed by atoms with van der Waals surface area (Å²) in [4.78, 5) is 11.4. The number of aryl methyl sites for hydroxylation is 1. The van der Waals surface area contributed by atoms with Crippen molar-refractivity contribution >= 4 is 27.6 Å². The van der Waals surface area contributed by atoms with Crippen LogP contribution in [0.4, 0.5) is 0 Å². The lowest BCUT2D eigenvalue weighted by Gasteiger charge is -2.12. The SMILES string of the molecule is CSc1nnc(CCCNS(=O)(=O)c2ccc(C(C)=O)cc2)n1CC(C)C. The van der Waals surface area contributed by atoms with Gasteiger partial charge in [0.25, 0.3) is 0 Å². The summed E-state index contributed by atoms with van der Waals surface area (Å²) in [5.74, 6) is 1.25. The molecule has 9 heteroatoms. The van der Waals surface area contributed by atoms with Crippen molar-refractivity contribution in [1.82, 2.24) is 19.5 Å². The Morgan fingerprint density at radius 1 is 1.22 bits per heavy atom. The number of aromatic nitrogens is 3. The van der Waals surface area contributed by atoms with Crippen molar-refractivity contribution in [3.8, 4) is 0 Å². The molecule has 2 rings (SSSR count). The first kappa shape index (κ1) is 21.6. The van der Waals surface area contributed by atoms with E-state index in [0.29, 0.717) is 30.9 Å². The number of carbonyl (C=O) groups is 1. The van der Waals surface area contributed by atoms with Crippen molar-refractivity contribution in [3.63, 3.8) is 0 Å². The molecule has 0 amide bonds. The molecule has 148 valence electrons. The number of nitrogens with zero attached hydrogens (tertiary/aromatic N) is 3. The molecule has 0 aliphatic rings. The van der Waals surface area contributed by atoms with E-state index in [1.54, 1.807) is 11.8 Å². The highest BCUT2D eigenvalue weighted by Gasteiger charge is 2.15. The zero-order valence-corrected chi connectivity index (χ0v) is 17.7. The average molecular weight is 411 g/mol. The summed E-state index contributed by atoms with van der Waals surface area (Å²) in [6, 6.07) is 5.94. The zero-order chi connectivity index (χ0) is 20.0. The van der Waals surface area contributed by atoms with Gasteiger partial charge in [-0.1, -0.05) is 37.7 Å². The molecule has 27 heavy (non-hydrogen) atoms. The van der Waals surface area contributed by atoms with Gasteiger partial charge in [0.2, 0.25) is 10.0 Å². The van der Waals surface area contributed by atoms with Crippen LogP contribution < -0.4 is 4.72 Å². The van der Waals surface area contributed by atoms with E-state index in [1.165, 1.54) is 31.2 Å². The first-order valence-corrected chi connectivity index (χ1v) is 11.5. The second-order valence-electron chi connectivity index (χ2n) is 6.69. The predicted molar refractivity (Wildman–Crippen MR) is 107 cm³/mol. The molecule has 1 aromatic heterocycles. The minimum absolute atomic E-state index is 0.0953. The van der Waals surface area contributed by atoms with Crippen molar-refractivity contribution in [1.29, 1.82) is 0 Å². The van der Waals surface area contributed by atoms with Crippen LogP contribution in [0.3, 0.4) is 0 Å². The molecule has 7 nitrogen and oxygen atoms in total. The number of sulfonamides is 1. The molecular formula is C18H26N4O3S2. The number of benzene rings is 1. The number of hydrogen-bond donors (Lipinski definition) is 1. The van der Waals surface area contributed by atoms with Gasteiger partial charge in [-0.05, 0) is 37.7 Å². The Morgan fingerprint density at radius 2 is 1.89 bits per heavy atom. The number of carbonyl (C=O) groups excluding carboxylic acids is 1. The van der Waals surface area contributed by atoms with Crippen molar-refractivity contribution in [3.05, 3.63) is 35.7 Å². The fourth-order valence-electron chi connectivity index (χ4n) is 2.61. The summed E-state index contributed by atoms with van der Waals surface area (Å²) in [6.45, 7) is 6.87. The molecule has 2 aromatic rings. The molecule has 0 saturated carbocycles. The molecule has 0 unspecified atom stereocenters. The molecule has 0 aliphatic heterocycles. The summed E-state index contributed by atoms with van der Waals surface area (Å²) >= 11 is 1.56. The van der Waals surface area contributed by atoms with Gasteiger partial charge in [0.15, 0.2) is 10.9 Å². The Balaban J connectivity index is 1.94. The second-order valence-corrected chi connectivity index (χ2v) is 9.23. The number of Topliss-reactive ketones (excluding diaryl/α,β-unsaturated/α-hetero) is 1. The van der Waals surface area contributed by atoms with Crippen LogP contribution >= 0.6 is 11.8 Å².